The molecule has 2 amide bonds. The first-order valence-corrected chi connectivity index (χ1v) is 5.95. The molecule has 3 N–H and O–H groups in total. The molecule has 0 radical (unpaired) electrons. The van der Waals surface area contributed by atoms with Gasteiger partial charge in [-0.1, -0.05) is 13.3 Å². The molecular formula is C11H19F3N2O3. The lowest BCUT2D eigenvalue weighted by atomic mass is 10.0. The molecule has 0 aliphatic rings. The van der Waals surface area contributed by atoms with Gasteiger partial charge in [0.15, 0.2) is 0 Å². The normalized spacial score (nSPS) is 14.6. The largest absolute Gasteiger partial charge is 0.481 e. The third-order valence-corrected chi connectivity index (χ3v) is 2.52. The van der Waals surface area contributed by atoms with Gasteiger partial charge in [-0.15, -0.1) is 0 Å². The Labute approximate surface area is 109 Å². The minimum Gasteiger partial charge on any atom is -0.481 e. The first kappa shape index (κ1) is 17.5. The Kier molecular flexibility index (Phi) is 7.25. The zero-order valence-corrected chi connectivity index (χ0v) is 10.9. The van der Waals surface area contributed by atoms with Crippen LogP contribution < -0.4 is 10.6 Å². The number of carboxylic acid groups (broad SMARTS) is 1. The summed E-state index contributed by atoms with van der Waals surface area (Å²) in [6.07, 6.45) is -2.88. The molecule has 0 aromatic rings. The Morgan fingerprint density at radius 3 is 2.26 bits per heavy atom. The molecule has 0 fully saturated rings. The fourth-order valence-electron chi connectivity index (χ4n) is 1.38. The van der Waals surface area contributed by atoms with E-state index in [1.165, 1.54) is 0 Å². The first-order chi connectivity index (χ1) is 8.61. The van der Waals surface area contributed by atoms with Gasteiger partial charge in [0.05, 0.1) is 5.92 Å². The van der Waals surface area contributed by atoms with Crippen LogP contribution in [0.15, 0.2) is 0 Å². The number of rotatable bonds is 7. The standard InChI is InChI=1S/C11H19F3N2O3/c1-7(9(17)18)4-3-5-8(2)16-10(19)15-6-11(12,13)14/h7-8H,3-6H2,1-2H3,(H,17,18)(H2,15,16,19). The summed E-state index contributed by atoms with van der Waals surface area (Å²) in [5, 5.41) is 12.7. The molecule has 0 saturated carbocycles. The van der Waals surface area contributed by atoms with E-state index in [-0.39, 0.29) is 6.04 Å². The third kappa shape index (κ3) is 10.2. The number of aliphatic carboxylic acids is 1. The molecule has 0 aliphatic heterocycles. The van der Waals surface area contributed by atoms with Crippen LogP contribution in [0.2, 0.25) is 0 Å². The molecule has 2 atom stereocenters. The van der Waals surface area contributed by atoms with Crippen molar-refractivity contribution in [3.05, 3.63) is 0 Å². The van der Waals surface area contributed by atoms with Crippen LogP contribution in [0.4, 0.5) is 18.0 Å². The number of carboxylic acids is 1. The summed E-state index contributed by atoms with van der Waals surface area (Å²) in [4.78, 5) is 21.6. The monoisotopic (exact) mass is 284 g/mol. The zero-order chi connectivity index (χ0) is 15.1. The summed E-state index contributed by atoms with van der Waals surface area (Å²) in [7, 11) is 0. The lowest BCUT2D eigenvalue weighted by Crippen LogP contribution is -2.44. The highest BCUT2D eigenvalue weighted by atomic mass is 19.4. The van der Waals surface area contributed by atoms with Crippen molar-refractivity contribution in [3.8, 4) is 0 Å². The summed E-state index contributed by atoms with van der Waals surface area (Å²) >= 11 is 0. The van der Waals surface area contributed by atoms with Crippen LogP contribution in [0.3, 0.4) is 0 Å². The van der Waals surface area contributed by atoms with Gasteiger partial charge in [0.2, 0.25) is 0 Å². The Hall–Kier alpha value is -1.47. The summed E-state index contributed by atoms with van der Waals surface area (Å²) in [6, 6.07) is -1.19. The van der Waals surface area contributed by atoms with Crippen molar-refractivity contribution in [1.29, 1.82) is 0 Å². The van der Waals surface area contributed by atoms with Crippen LogP contribution in [0.1, 0.15) is 33.1 Å². The number of carbonyl (C=O) groups excluding carboxylic acids is 1. The molecular weight excluding hydrogens is 265 g/mol. The van der Waals surface area contributed by atoms with Crippen LogP contribution in [0.5, 0.6) is 0 Å². The summed E-state index contributed by atoms with van der Waals surface area (Å²) in [5.41, 5.74) is 0. The summed E-state index contributed by atoms with van der Waals surface area (Å²) in [5.74, 6) is -1.35. The fourth-order valence-corrected chi connectivity index (χ4v) is 1.38. The Morgan fingerprint density at radius 2 is 1.79 bits per heavy atom. The molecule has 0 bridgehead atoms. The van der Waals surface area contributed by atoms with Gasteiger partial charge < -0.3 is 15.7 Å². The molecule has 19 heavy (non-hydrogen) atoms. The van der Waals surface area contributed by atoms with E-state index in [1.807, 2.05) is 0 Å². The zero-order valence-electron chi connectivity index (χ0n) is 10.9. The van der Waals surface area contributed by atoms with E-state index in [4.69, 9.17) is 5.11 Å². The van der Waals surface area contributed by atoms with E-state index in [2.05, 4.69) is 5.32 Å². The van der Waals surface area contributed by atoms with Gasteiger partial charge in [-0.25, -0.2) is 4.79 Å². The smallest absolute Gasteiger partial charge is 0.405 e. The number of urea groups is 1. The lowest BCUT2D eigenvalue weighted by molar-refractivity contribution is -0.141. The molecule has 0 aromatic carbocycles. The van der Waals surface area contributed by atoms with Gasteiger partial charge in [0.1, 0.15) is 6.54 Å². The molecule has 0 aromatic heterocycles. The van der Waals surface area contributed by atoms with Crippen molar-refractivity contribution in [2.75, 3.05) is 6.54 Å². The third-order valence-electron chi connectivity index (χ3n) is 2.52. The number of nitrogens with one attached hydrogen (secondary N) is 2. The van der Waals surface area contributed by atoms with Gasteiger partial charge in [-0.3, -0.25) is 4.79 Å². The quantitative estimate of drug-likeness (QED) is 0.670. The predicted octanol–water partition coefficient (Wildman–Crippen LogP) is 2.13. The van der Waals surface area contributed by atoms with E-state index in [0.717, 1.165) is 0 Å². The van der Waals surface area contributed by atoms with E-state index >= 15 is 0 Å². The number of alkyl halides is 3. The van der Waals surface area contributed by atoms with Gasteiger partial charge in [0, 0.05) is 6.04 Å². The average molecular weight is 284 g/mol. The molecule has 0 aliphatic carbocycles. The van der Waals surface area contributed by atoms with Crippen LogP contribution >= 0.6 is 0 Å². The highest BCUT2D eigenvalue weighted by Gasteiger charge is 2.27. The van der Waals surface area contributed by atoms with Crippen LogP contribution in [-0.2, 0) is 4.79 Å². The molecule has 0 spiro atoms. The average Bonchev–Trinajstić information content (AvgIpc) is 2.25. The molecule has 0 saturated heterocycles. The highest BCUT2D eigenvalue weighted by Crippen LogP contribution is 2.12. The second-order valence-electron chi connectivity index (χ2n) is 4.51. The lowest BCUT2D eigenvalue weighted by Gasteiger charge is -2.15. The van der Waals surface area contributed by atoms with E-state index in [9.17, 15) is 22.8 Å². The Morgan fingerprint density at radius 1 is 1.21 bits per heavy atom. The number of halogens is 3. The first-order valence-electron chi connectivity index (χ1n) is 5.95. The number of carbonyl (C=O) groups is 2. The van der Waals surface area contributed by atoms with Gasteiger partial charge >= 0.3 is 18.2 Å². The maximum atomic E-state index is 11.8. The Balaban J connectivity index is 3.77. The van der Waals surface area contributed by atoms with Crippen LogP contribution in [-0.4, -0.2) is 35.9 Å². The van der Waals surface area contributed by atoms with Crippen LogP contribution in [0, 0.1) is 5.92 Å². The van der Waals surface area contributed by atoms with Gasteiger partial charge in [-0.2, -0.15) is 13.2 Å². The predicted molar refractivity (Wildman–Crippen MR) is 62.7 cm³/mol. The van der Waals surface area contributed by atoms with Gasteiger partial charge in [-0.05, 0) is 19.8 Å². The minimum absolute atomic E-state index is 0.311. The van der Waals surface area contributed by atoms with Crippen molar-refractivity contribution >= 4 is 12.0 Å². The van der Waals surface area contributed by atoms with Gasteiger partial charge in [0.25, 0.3) is 0 Å². The maximum absolute atomic E-state index is 11.8. The van der Waals surface area contributed by atoms with Crippen molar-refractivity contribution < 1.29 is 27.9 Å². The second-order valence-corrected chi connectivity index (χ2v) is 4.51. The Bertz CT molecular complexity index is 308. The molecule has 5 nitrogen and oxygen atoms in total. The van der Waals surface area contributed by atoms with E-state index < -0.39 is 30.6 Å². The van der Waals surface area contributed by atoms with E-state index in [0.29, 0.717) is 19.3 Å². The molecule has 8 heteroatoms. The number of hydrogen-bond acceptors (Lipinski definition) is 2. The highest BCUT2D eigenvalue weighted by molar-refractivity contribution is 5.74. The van der Waals surface area contributed by atoms with Crippen molar-refractivity contribution in [3.63, 3.8) is 0 Å². The maximum Gasteiger partial charge on any atom is 0.405 e. The van der Waals surface area contributed by atoms with Crippen molar-refractivity contribution in [2.45, 2.75) is 45.3 Å². The summed E-state index contributed by atoms with van der Waals surface area (Å²) in [6.45, 7) is 1.86. The fraction of sp³-hybridized carbons (Fsp3) is 0.818. The molecule has 112 valence electrons. The molecule has 0 rings (SSSR count). The molecule has 2 unspecified atom stereocenters. The number of amides is 2. The minimum atomic E-state index is -4.43. The van der Waals surface area contributed by atoms with E-state index in [1.54, 1.807) is 19.2 Å². The topological polar surface area (TPSA) is 78.4 Å². The molecule has 0 heterocycles. The SMILES string of the molecule is CC(CCCC(C)C(=O)O)NC(=O)NCC(F)(F)F. The van der Waals surface area contributed by atoms with Crippen LogP contribution in [0.25, 0.3) is 0 Å². The van der Waals surface area contributed by atoms with Crippen molar-refractivity contribution in [1.82, 2.24) is 10.6 Å². The summed E-state index contributed by atoms with van der Waals surface area (Å²) < 4.78 is 35.5. The second kappa shape index (κ2) is 7.85. The van der Waals surface area contributed by atoms with Crippen molar-refractivity contribution in [2.24, 2.45) is 5.92 Å². The number of hydrogen-bond donors (Lipinski definition) is 3.